The van der Waals surface area contributed by atoms with E-state index in [0.29, 0.717) is 5.56 Å². The van der Waals surface area contributed by atoms with E-state index < -0.39 is 5.91 Å². The first-order valence-electron chi connectivity index (χ1n) is 6.15. The number of rotatable bonds is 2. The van der Waals surface area contributed by atoms with E-state index in [1.807, 2.05) is 30.3 Å². The number of aryl methyl sites for hydroxylation is 1. The van der Waals surface area contributed by atoms with Crippen LogP contribution in [0.4, 0.5) is 0 Å². The van der Waals surface area contributed by atoms with Crippen molar-refractivity contribution in [3.8, 4) is 17.6 Å². The summed E-state index contributed by atoms with van der Waals surface area (Å²) >= 11 is 0. The van der Waals surface area contributed by atoms with Gasteiger partial charge in [0.1, 0.15) is 5.75 Å². The molecule has 0 atom stereocenters. The van der Waals surface area contributed by atoms with Crippen LogP contribution in [-0.4, -0.2) is 22.5 Å². The largest absolute Gasteiger partial charge is 0.505 e. The fraction of sp³-hybridized carbons (Fsp3) is 0.125. The van der Waals surface area contributed by atoms with Crippen LogP contribution in [0.1, 0.15) is 21.6 Å². The van der Waals surface area contributed by atoms with Crippen LogP contribution in [0.3, 0.4) is 0 Å². The van der Waals surface area contributed by atoms with Gasteiger partial charge in [-0.3, -0.25) is 4.79 Å². The lowest BCUT2D eigenvalue weighted by atomic mass is 10.2. The van der Waals surface area contributed by atoms with Gasteiger partial charge in [-0.15, -0.1) is 0 Å². The van der Waals surface area contributed by atoms with Gasteiger partial charge >= 0.3 is 0 Å². The predicted molar refractivity (Wildman–Crippen MR) is 76.3 cm³/mol. The maximum atomic E-state index is 11.8. The van der Waals surface area contributed by atoms with Crippen molar-refractivity contribution in [2.45, 2.75) is 6.92 Å². The molecule has 0 spiro atoms. The van der Waals surface area contributed by atoms with Crippen molar-refractivity contribution in [2.75, 3.05) is 6.54 Å². The molecule has 20 heavy (non-hydrogen) atoms. The molecule has 0 aliphatic rings. The van der Waals surface area contributed by atoms with Crippen LogP contribution in [-0.2, 0) is 0 Å². The van der Waals surface area contributed by atoms with Gasteiger partial charge < -0.3 is 10.4 Å². The van der Waals surface area contributed by atoms with Gasteiger partial charge in [-0.2, -0.15) is 0 Å². The summed E-state index contributed by atoms with van der Waals surface area (Å²) in [5, 5.41) is 12.3. The number of carbonyl (C=O) groups excluding carboxylic acids is 1. The molecule has 1 aromatic heterocycles. The number of nitrogens with zero attached hydrogens (tertiary/aromatic N) is 1. The summed E-state index contributed by atoms with van der Waals surface area (Å²) < 4.78 is 0. The Bertz CT molecular complexity index is 670. The lowest BCUT2D eigenvalue weighted by molar-refractivity contribution is 0.0950. The van der Waals surface area contributed by atoms with Gasteiger partial charge in [0.2, 0.25) is 0 Å². The number of hydrogen-bond acceptors (Lipinski definition) is 3. The fourth-order valence-corrected chi connectivity index (χ4v) is 1.59. The topological polar surface area (TPSA) is 62.2 Å². The summed E-state index contributed by atoms with van der Waals surface area (Å²) in [4.78, 5) is 15.7. The van der Waals surface area contributed by atoms with E-state index in [4.69, 9.17) is 0 Å². The predicted octanol–water partition coefficient (Wildman–Crippen LogP) is 1.88. The summed E-state index contributed by atoms with van der Waals surface area (Å²) in [5.74, 6) is 5.24. The minimum Gasteiger partial charge on any atom is -0.505 e. The van der Waals surface area contributed by atoms with Crippen LogP contribution in [0.5, 0.6) is 5.75 Å². The van der Waals surface area contributed by atoms with Gasteiger partial charge in [0.05, 0.1) is 6.54 Å². The van der Waals surface area contributed by atoms with Gasteiger partial charge in [0, 0.05) is 11.8 Å². The molecule has 0 unspecified atom stereocenters. The standard InChI is InChI=1S/C16H14N2O2/c1-12-9-11-17-14(15(12)19)16(20)18-10-5-8-13-6-3-2-4-7-13/h2-4,6-7,9,11,19H,10H2,1H3,(H,18,20). The van der Waals surface area contributed by atoms with Crippen molar-refractivity contribution < 1.29 is 9.90 Å². The molecule has 0 aliphatic heterocycles. The molecule has 100 valence electrons. The fourth-order valence-electron chi connectivity index (χ4n) is 1.59. The van der Waals surface area contributed by atoms with Crippen molar-refractivity contribution in [1.29, 1.82) is 0 Å². The summed E-state index contributed by atoms with van der Waals surface area (Å²) in [7, 11) is 0. The second kappa shape index (κ2) is 6.39. The van der Waals surface area contributed by atoms with Crippen molar-refractivity contribution in [3.05, 3.63) is 59.4 Å². The van der Waals surface area contributed by atoms with Crippen molar-refractivity contribution >= 4 is 5.91 Å². The molecule has 1 heterocycles. The summed E-state index contributed by atoms with van der Waals surface area (Å²) in [6.45, 7) is 1.91. The molecule has 4 nitrogen and oxygen atoms in total. The quantitative estimate of drug-likeness (QED) is 0.816. The number of pyridine rings is 1. The van der Waals surface area contributed by atoms with Crippen molar-refractivity contribution in [1.82, 2.24) is 10.3 Å². The second-order valence-electron chi connectivity index (χ2n) is 4.18. The third-order valence-corrected chi connectivity index (χ3v) is 2.68. The molecule has 2 N–H and O–H groups in total. The molecule has 0 saturated heterocycles. The smallest absolute Gasteiger partial charge is 0.274 e. The first-order chi connectivity index (χ1) is 9.68. The zero-order valence-corrected chi connectivity index (χ0v) is 11.1. The first-order valence-corrected chi connectivity index (χ1v) is 6.15. The normalized spacial score (nSPS) is 9.45. The summed E-state index contributed by atoms with van der Waals surface area (Å²) in [5.41, 5.74) is 1.52. The van der Waals surface area contributed by atoms with E-state index >= 15 is 0 Å². The maximum Gasteiger partial charge on any atom is 0.274 e. The highest BCUT2D eigenvalue weighted by Crippen LogP contribution is 2.18. The molecule has 0 aliphatic carbocycles. The van der Waals surface area contributed by atoms with Crippen molar-refractivity contribution in [3.63, 3.8) is 0 Å². The van der Waals surface area contributed by atoms with Gasteiger partial charge in [-0.1, -0.05) is 30.0 Å². The lowest BCUT2D eigenvalue weighted by Gasteiger charge is -2.04. The number of amides is 1. The second-order valence-corrected chi connectivity index (χ2v) is 4.18. The Hall–Kier alpha value is -2.80. The van der Waals surface area contributed by atoms with Crippen LogP contribution in [0, 0.1) is 18.8 Å². The van der Waals surface area contributed by atoms with Gasteiger partial charge in [-0.05, 0) is 30.7 Å². The summed E-state index contributed by atoms with van der Waals surface area (Å²) in [6.07, 6.45) is 1.49. The van der Waals surface area contributed by atoms with Gasteiger partial charge in [0.15, 0.2) is 5.69 Å². The highest BCUT2D eigenvalue weighted by molar-refractivity contribution is 5.95. The average molecular weight is 266 g/mol. The van der Waals surface area contributed by atoms with E-state index in [0.717, 1.165) is 5.56 Å². The zero-order chi connectivity index (χ0) is 14.4. The third kappa shape index (κ3) is 3.36. The molecule has 2 aromatic rings. The van der Waals surface area contributed by atoms with Crippen LogP contribution < -0.4 is 5.32 Å². The molecule has 0 radical (unpaired) electrons. The Balaban J connectivity index is 1.97. The van der Waals surface area contributed by atoms with E-state index in [1.165, 1.54) is 6.20 Å². The molecule has 1 amide bonds. The molecule has 4 heteroatoms. The molecule has 1 aromatic carbocycles. The molecular formula is C16H14N2O2. The Kier molecular flexibility index (Phi) is 4.35. The Morgan fingerprint density at radius 1 is 1.30 bits per heavy atom. The number of benzene rings is 1. The number of nitrogens with one attached hydrogen (secondary N) is 1. The third-order valence-electron chi connectivity index (χ3n) is 2.68. The Morgan fingerprint density at radius 3 is 2.80 bits per heavy atom. The van der Waals surface area contributed by atoms with Crippen LogP contribution in [0.25, 0.3) is 0 Å². The molecular weight excluding hydrogens is 252 g/mol. The lowest BCUT2D eigenvalue weighted by Crippen LogP contribution is -2.24. The Morgan fingerprint density at radius 2 is 2.05 bits per heavy atom. The van der Waals surface area contributed by atoms with E-state index in [1.54, 1.807) is 13.0 Å². The van der Waals surface area contributed by atoms with Crippen LogP contribution in [0.2, 0.25) is 0 Å². The highest BCUT2D eigenvalue weighted by atomic mass is 16.3. The van der Waals surface area contributed by atoms with Crippen molar-refractivity contribution in [2.24, 2.45) is 0 Å². The van der Waals surface area contributed by atoms with Crippen LogP contribution in [0.15, 0.2) is 42.6 Å². The minimum absolute atomic E-state index is 0.0199. The van der Waals surface area contributed by atoms with E-state index in [-0.39, 0.29) is 18.0 Å². The van der Waals surface area contributed by atoms with Crippen LogP contribution >= 0.6 is 0 Å². The molecule has 0 saturated carbocycles. The summed E-state index contributed by atoms with van der Waals surface area (Å²) in [6, 6.07) is 11.1. The number of aromatic nitrogens is 1. The number of aromatic hydroxyl groups is 1. The van der Waals surface area contributed by atoms with Gasteiger partial charge in [-0.25, -0.2) is 4.98 Å². The first kappa shape index (κ1) is 13.6. The average Bonchev–Trinajstić information content (AvgIpc) is 2.47. The SMILES string of the molecule is Cc1ccnc(C(=O)NCC#Cc2ccccc2)c1O. The highest BCUT2D eigenvalue weighted by Gasteiger charge is 2.12. The minimum atomic E-state index is -0.437. The van der Waals surface area contributed by atoms with E-state index in [9.17, 15) is 9.90 Å². The maximum absolute atomic E-state index is 11.8. The Labute approximate surface area is 117 Å². The zero-order valence-electron chi connectivity index (χ0n) is 11.1. The monoisotopic (exact) mass is 266 g/mol. The number of hydrogen-bond donors (Lipinski definition) is 2. The molecule has 2 rings (SSSR count). The number of carbonyl (C=O) groups is 1. The van der Waals surface area contributed by atoms with E-state index in [2.05, 4.69) is 22.1 Å². The van der Waals surface area contributed by atoms with Gasteiger partial charge in [0.25, 0.3) is 5.91 Å². The molecule has 0 fully saturated rings. The molecule has 0 bridgehead atoms.